The first kappa shape index (κ1) is 22.0. The number of imide groups is 1. The van der Waals surface area contributed by atoms with Crippen molar-refractivity contribution in [3.05, 3.63) is 53.1 Å². The molecule has 0 fully saturated rings. The van der Waals surface area contributed by atoms with Crippen molar-refractivity contribution in [1.29, 1.82) is 5.26 Å². The largest absolute Gasteiger partial charge is 0.493 e. The number of hydrogen-bond acceptors (Lipinski definition) is 5. The SMILES string of the molecule is C=CCN1C(=O)C(C#N)=C(C)/C(=C\c2ccc(OCCCCC)c(OC)c2)C1=O. The standard InChI is InChI=1S/C23H26N2O4/c1-5-7-8-12-29-20-10-9-17(14-21(20)28-4)13-18-16(3)19(15-24)23(27)25(11-6-2)22(18)26/h6,9-10,13-14H,2,5,7-8,11-12H2,1,3-4H3/b18-13+. The number of carbonyl (C=O) groups is 2. The van der Waals surface area contributed by atoms with E-state index in [0.717, 1.165) is 24.2 Å². The van der Waals surface area contributed by atoms with E-state index < -0.39 is 11.8 Å². The lowest BCUT2D eigenvalue weighted by Gasteiger charge is -2.26. The van der Waals surface area contributed by atoms with E-state index in [9.17, 15) is 14.9 Å². The van der Waals surface area contributed by atoms with Crippen molar-refractivity contribution in [2.24, 2.45) is 0 Å². The fourth-order valence-electron chi connectivity index (χ4n) is 3.02. The van der Waals surface area contributed by atoms with Crippen LogP contribution in [-0.2, 0) is 9.59 Å². The molecule has 6 nitrogen and oxygen atoms in total. The Hall–Kier alpha value is -3.33. The predicted molar refractivity (Wildman–Crippen MR) is 111 cm³/mol. The summed E-state index contributed by atoms with van der Waals surface area (Å²) in [7, 11) is 1.56. The number of carbonyl (C=O) groups excluding carboxylic acids is 2. The van der Waals surface area contributed by atoms with Gasteiger partial charge in [0.25, 0.3) is 11.8 Å². The van der Waals surface area contributed by atoms with E-state index in [2.05, 4.69) is 13.5 Å². The lowest BCUT2D eigenvalue weighted by atomic mass is 9.93. The molecule has 1 aliphatic rings. The van der Waals surface area contributed by atoms with Crippen molar-refractivity contribution >= 4 is 17.9 Å². The van der Waals surface area contributed by atoms with Crippen LogP contribution in [0, 0.1) is 11.3 Å². The number of amides is 2. The summed E-state index contributed by atoms with van der Waals surface area (Å²) in [6.45, 7) is 7.96. The van der Waals surface area contributed by atoms with Crippen LogP contribution in [0.3, 0.4) is 0 Å². The van der Waals surface area contributed by atoms with Crippen LogP contribution in [0.1, 0.15) is 38.7 Å². The first-order chi connectivity index (χ1) is 14.0. The van der Waals surface area contributed by atoms with E-state index in [0.29, 0.717) is 34.8 Å². The normalized spacial score (nSPS) is 15.5. The van der Waals surface area contributed by atoms with Gasteiger partial charge in [-0.2, -0.15) is 5.26 Å². The summed E-state index contributed by atoms with van der Waals surface area (Å²) in [4.78, 5) is 26.2. The molecule has 1 heterocycles. The van der Waals surface area contributed by atoms with Crippen LogP contribution >= 0.6 is 0 Å². The smallest absolute Gasteiger partial charge is 0.271 e. The molecule has 1 aromatic rings. The summed E-state index contributed by atoms with van der Waals surface area (Å²) in [5.74, 6) is 0.139. The van der Waals surface area contributed by atoms with Crippen LogP contribution in [0.5, 0.6) is 11.5 Å². The fraction of sp³-hybridized carbons (Fsp3) is 0.348. The first-order valence-electron chi connectivity index (χ1n) is 9.59. The second kappa shape index (κ2) is 10.3. The second-order valence-corrected chi connectivity index (χ2v) is 6.65. The van der Waals surface area contributed by atoms with E-state index >= 15 is 0 Å². The third-order valence-electron chi connectivity index (χ3n) is 4.64. The van der Waals surface area contributed by atoms with Crippen LogP contribution < -0.4 is 9.47 Å². The van der Waals surface area contributed by atoms with Gasteiger partial charge in [-0.15, -0.1) is 6.58 Å². The van der Waals surface area contributed by atoms with E-state index in [1.165, 1.54) is 6.08 Å². The van der Waals surface area contributed by atoms with Gasteiger partial charge < -0.3 is 9.47 Å². The topological polar surface area (TPSA) is 79.6 Å². The van der Waals surface area contributed by atoms with Crippen LogP contribution in [0.2, 0.25) is 0 Å². The lowest BCUT2D eigenvalue weighted by molar-refractivity contribution is -0.139. The molecule has 0 saturated carbocycles. The summed E-state index contributed by atoms with van der Waals surface area (Å²) in [5.41, 5.74) is 1.32. The molecule has 0 radical (unpaired) electrons. The highest BCUT2D eigenvalue weighted by Gasteiger charge is 2.34. The van der Waals surface area contributed by atoms with Gasteiger partial charge >= 0.3 is 0 Å². The van der Waals surface area contributed by atoms with E-state index in [1.54, 1.807) is 32.2 Å². The molecular formula is C23H26N2O4. The van der Waals surface area contributed by atoms with Gasteiger partial charge in [0.1, 0.15) is 11.6 Å². The lowest BCUT2D eigenvalue weighted by Crippen LogP contribution is -2.42. The number of nitrogens with zero attached hydrogens (tertiary/aromatic N) is 2. The van der Waals surface area contributed by atoms with Gasteiger partial charge in [0, 0.05) is 12.1 Å². The monoisotopic (exact) mass is 394 g/mol. The minimum Gasteiger partial charge on any atom is -0.493 e. The van der Waals surface area contributed by atoms with Crippen LogP contribution in [0.4, 0.5) is 0 Å². The molecule has 0 atom stereocenters. The summed E-state index contributed by atoms with van der Waals surface area (Å²) >= 11 is 0. The van der Waals surface area contributed by atoms with Crippen LogP contribution in [0.25, 0.3) is 6.08 Å². The second-order valence-electron chi connectivity index (χ2n) is 6.65. The van der Waals surface area contributed by atoms with Crippen molar-refractivity contribution in [3.8, 4) is 17.6 Å². The van der Waals surface area contributed by atoms with E-state index in [1.807, 2.05) is 12.1 Å². The molecule has 0 N–H and O–H groups in total. The highest BCUT2D eigenvalue weighted by molar-refractivity contribution is 6.19. The molecule has 6 heteroatoms. The minimum atomic E-state index is -0.597. The Bertz CT molecular complexity index is 906. The zero-order chi connectivity index (χ0) is 21.4. The molecule has 0 aliphatic carbocycles. The number of nitriles is 1. The molecule has 2 amide bonds. The average molecular weight is 394 g/mol. The maximum Gasteiger partial charge on any atom is 0.271 e. The van der Waals surface area contributed by atoms with Crippen molar-refractivity contribution in [2.75, 3.05) is 20.3 Å². The Morgan fingerprint density at radius 1 is 1.21 bits per heavy atom. The van der Waals surface area contributed by atoms with Gasteiger partial charge in [-0.25, -0.2) is 0 Å². The molecule has 1 aliphatic heterocycles. The quantitative estimate of drug-likeness (QED) is 0.273. The van der Waals surface area contributed by atoms with Crippen molar-refractivity contribution in [1.82, 2.24) is 4.90 Å². The van der Waals surface area contributed by atoms with Crippen molar-refractivity contribution < 1.29 is 19.1 Å². The first-order valence-corrected chi connectivity index (χ1v) is 9.59. The molecule has 0 aromatic heterocycles. The number of methoxy groups -OCH3 is 1. The summed E-state index contributed by atoms with van der Waals surface area (Å²) < 4.78 is 11.2. The molecule has 2 rings (SSSR count). The molecule has 29 heavy (non-hydrogen) atoms. The molecular weight excluding hydrogens is 368 g/mol. The third kappa shape index (κ3) is 4.94. The fourth-order valence-corrected chi connectivity index (χ4v) is 3.02. The van der Waals surface area contributed by atoms with Gasteiger partial charge in [0.15, 0.2) is 11.5 Å². The Balaban J connectivity index is 2.39. The Kier molecular flexibility index (Phi) is 7.79. The highest BCUT2D eigenvalue weighted by atomic mass is 16.5. The molecule has 0 saturated heterocycles. The Morgan fingerprint density at radius 3 is 2.59 bits per heavy atom. The maximum atomic E-state index is 12.8. The van der Waals surface area contributed by atoms with E-state index in [-0.39, 0.29) is 12.1 Å². The summed E-state index contributed by atoms with van der Waals surface area (Å²) in [6, 6.07) is 7.28. The van der Waals surface area contributed by atoms with Crippen molar-refractivity contribution in [3.63, 3.8) is 0 Å². The van der Waals surface area contributed by atoms with Gasteiger partial charge in [0.2, 0.25) is 0 Å². The molecule has 1 aromatic carbocycles. The molecule has 152 valence electrons. The van der Waals surface area contributed by atoms with Crippen LogP contribution in [0.15, 0.2) is 47.6 Å². The van der Waals surface area contributed by atoms with Gasteiger partial charge in [-0.05, 0) is 42.7 Å². The van der Waals surface area contributed by atoms with Gasteiger partial charge in [-0.1, -0.05) is 31.9 Å². The molecule has 0 bridgehead atoms. The highest BCUT2D eigenvalue weighted by Crippen LogP contribution is 2.31. The number of unbranched alkanes of at least 4 members (excludes halogenated alkanes) is 2. The minimum absolute atomic E-state index is 0.0412. The average Bonchev–Trinajstić information content (AvgIpc) is 2.72. The van der Waals surface area contributed by atoms with Crippen LogP contribution in [-0.4, -0.2) is 37.0 Å². The van der Waals surface area contributed by atoms with Gasteiger partial charge in [0.05, 0.1) is 13.7 Å². The van der Waals surface area contributed by atoms with Gasteiger partial charge in [-0.3, -0.25) is 14.5 Å². The third-order valence-corrected chi connectivity index (χ3v) is 4.64. The summed E-state index contributed by atoms with van der Waals surface area (Å²) in [6.07, 6.45) is 6.29. The van der Waals surface area contributed by atoms with Crippen molar-refractivity contribution in [2.45, 2.75) is 33.1 Å². The number of ether oxygens (including phenoxy) is 2. The van der Waals surface area contributed by atoms with E-state index in [4.69, 9.17) is 9.47 Å². The summed E-state index contributed by atoms with van der Waals surface area (Å²) in [5, 5.41) is 9.37. The Morgan fingerprint density at radius 2 is 1.97 bits per heavy atom. The number of rotatable bonds is 9. The zero-order valence-corrected chi connectivity index (χ0v) is 17.2. The zero-order valence-electron chi connectivity index (χ0n) is 17.2. The Labute approximate surface area is 171 Å². The molecule has 0 spiro atoms. The number of benzene rings is 1. The number of hydrogen-bond donors (Lipinski definition) is 0. The predicted octanol–water partition coefficient (Wildman–Crippen LogP) is 4.04. The molecule has 0 unspecified atom stereocenters. The maximum absolute atomic E-state index is 12.8.